The van der Waals surface area contributed by atoms with Crippen LogP contribution in [0.4, 0.5) is 5.13 Å². The number of anilines is 1. The summed E-state index contributed by atoms with van der Waals surface area (Å²) >= 11 is 19.9. The Morgan fingerprint density at radius 3 is 2.90 bits per heavy atom. The highest BCUT2D eigenvalue weighted by molar-refractivity contribution is 7.99. The number of benzene rings is 1. The van der Waals surface area contributed by atoms with E-state index in [1.165, 1.54) is 23.1 Å². The van der Waals surface area contributed by atoms with Gasteiger partial charge in [-0.15, -0.1) is 11.8 Å². The number of aliphatic hydroxyl groups is 1. The van der Waals surface area contributed by atoms with Crippen LogP contribution >= 0.6 is 58.5 Å². The maximum Gasteiger partial charge on any atom is 0.202 e. The van der Waals surface area contributed by atoms with Crippen LogP contribution in [-0.2, 0) is 0 Å². The first-order valence-electron chi connectivity index (χ1n) is 5.36. The second-order valence-electron chi connectivity index (χ2n) is 3.55. The number of hydrogen-bond donors (Lipinski definition) is 4. The zero-order valence-corrected chi connectivity index (χ0v) is 13.9. The van der Waals surface area contributed by atoms with Gasteiger partial charge in [-0.2, -0.15) is 0 Å². The average molecular weight is 369 g/mol. The van der Waals surface area contributed by atoms with Crippen molar-refractivity contribution in [3.8, 4) is 0 Å². The van der Waals surface area contributed by atoms with Crippen molar-refractivity contribution < 1.29 is 5.11 Å². The zero-order valence-electron chi connectivity index (χ0n) is 9.94. The van der Waals surface area contributed by atoms with Gasteiger partial charge in [0.25, 0.3) is 0 Å². The Bertz CT molecular complexity index is 649. The maximum atomic E-state index is 8.88. The number of nitrogens with one attached hydrogen (secondary N) is 2. The molecule has 0 saturated heterocycles. The molecule has 0 atom stereocenters. The van der Waals surface area contributed by atoms with Crippen LogP contribution in [0.25, 0.3) is 10.2 Å². The number of aliphatic hydroxyl groups excluding tert-OH is 1. The fourth-order valence-corrected chi connectivity index (χ4v) is 3.81. The van der Waals surface area contributed by atoms with Crippen molar-refractivity contribution in [2.24, 2.45) is 5.73 Å². The number of nitrogens with zero attached hydrogens (tertiary/aromatic N) is 1. The third-order valence-corrected chi connectivity index (χ3v) is 5.18. The molecular formula is C10H10Cl2N4OS3. The quantitative estimate of drug-likeness (QED) is 0.366. The van der Waals surface area contributed by atoms with E-state index in [-0.39, 0.29) is 11.7 Å². The largest absolute Gasteiger partial charge is 0.396 e. The van der Waals surface area contributed by atoms with Crippen LogP contribution in [-0.4, -0.2) is 27.6 Å². The molecule has 1 aromatic carbocycles. The smallest absolute Gasteiger partial charge is 0.202 e. The van der Waals surface area contributed by atoms with E-state index in [0.717, 1.165) is 9.60 Å². The SMILES string of the molecule is NC(=S)NNc1nc2c(Cl)c(Cl)c(SCCO)cc2s1. The first kappa shape index (κ1) is 15.9. The summed E-state index contributed by atoms with van der Waals surface area (Å²) in [6.45, 7) is 0.0734. The van der Waals surface area contributed by atoms with E-state index < -0.39 is 0 Å². The predicted octanol–water partition coefficient (Wildman–Crippen LogP) is 2.85. The Balaban J connectivity index is 2.35. The third-order valence-electron chi connectivity index (χ3n) is 2.17. The summed E-state index contributed by atoms with van der Waals surface area (Å²) in [5.74, 6) is 0.550. The fourth-order valence-electron chi connectivity index (χ4n) is 1.41. The Hall–Kier alpha value is -0.510. The molecule has 0 unspecified atom stereocenters. The monoisotopic (exact) mass is 368 g/mol. The van der Waals surface area contributed by atoms with Crippen molar-refractivity contribution >= 4 is 79.0 Å². The van der Waals surface area contributed by atoms with Gasteiger partial charge in [-0.3, -0.25) is 10.9 Å². The lowest BCUT2D eigenvalue weighted by atomic mass is 10.3. The van der Waals surface area contributed by atoms with Gasteiger partial charge in [0.05, 0.1) is 21.4 Å². The van der Waals surface area contributed by atoms with Crippen molar-refractivity contribution in [2.75, 3.05) is 17.8 Å². The van der Waals surface area contributed by atoms with Gasteiger partial charge in [-0.25, -0.2) is 4.98 Å². The number of rotatable bonds is 5. The molecule has 10 heteroatoms. The second kappa shape index (κ2) is 6.97. The van der Waals surface area contributed by atoms with E-state index in [9.17, 15) is 0 Å². The van der Waals surface area contributed by atoms with Gasteiger partial charge in [0.2, 0.25) is 5.13 Å². The molecule has 20 heavy (non-hydrogen) atoms. The predicted molar refractivity (Wildman–Crippen MR) is 91.0 cm³/mol. The highest BCUT2D eigenvalue weighted by Gasteiger charge is 2.15. The Kier molecular flexibility index (Phi) is 5.53. The molecule has 0 saturated carbocycles. The van der Waals surface area contributed by atoms with Crippen LogP contribution < -0.4 is 16.6 Å². The molecule has 0 radical (unpaired) electrons. The minimum absolute atomic E-state index is 0.0734. The van der Waals surface area contributed by atoms with Crippen LogP contribution in [0.15, 0.2) is 11.0 Å². The lowest BCUT2D eigenvalue weighted by molar-refractivity contribution is 0.322. The van der Waals surface area contributed by atoms with Gasteiger partial charge in [0, 0.05) is 10.6 Å². The zero-order chi connectivity index (χ0) is 14.7. The van der Waals surface area contributed by atoms with Crippen LogP contribution in [0.2, 0.25) is 10.0 Å². The summed E-state index contributed by atoms with van der Waals surface area (Å²) in [4.78, 5) is 5.14. The van der Waals surface area contributed by atoms with Crippen LogP contribution in [0, 0.1) is 0 Å². The highest BCUT2D eigenvalue weighted by Crippen LogP contribution is 2.41. The fraction of sp³-hybridized carbons (Fsp3) is 0.200. The molecule has 5 N–H and O–H groups in total. The number of aromatic nitrogens is 1. The molecule has 0 aliphatic carbocycles. The first-order valence-corrected chi connectivity index (χ1v) is 8.33. The Morgan fingerprint density at radius 1 is 1.50 bits per heavy atom. The number of thioether (sulfide) groups is 1. The minimum atomic E-state index is 0.0734. The van der Waals surface area contributed by atoms with Crippen molar-refractivity contribution in [1.29, 1.82) is 0 Å². The van der Waals surface area contributed by atoms with Gasteiger partial charge in [0.1, 0.15) is 5.52 Å². The highest BCUT2D eigenvalue weighted by atomic mass is 35.5. The summed E-state index contributed by atoms with van der Waals surface area (Å²) in [5, 5.41) is 10.4. The van der Waals surface area contributed by atoms with Crippen LogP contribution in [0.1, 0.15) is 0 Å². The molecule has 5 nitrogen and oxygen atoms in total. The van der Waals surface area contributed by atoms with Crippen LogP contribution in [0.5, 0.6) is 0 Å². The lowest BCUT2D eigenvalue weighted by Crippen LogP contribution is -2.33. The van der Waals surface area contributed by atoms with E-state index in [2.05, 4.69) is 15.8 Å². The molecule has 0 bridgehead atoms. The summed E-state index contributed by atoms with van der Waals surface area (Å²) in [7, 11) is 0. The molecule has 2 aromatic rings. The normalized spacial score (nSPS) is 10.8. The molecule has 0 amide bonds. The number of fused-ring (bicyclic) bond motifs is 1. The second-order valence-corrected chi connectivity index (χ2v) is 6.92. The summed E-state index contributed by atoms with van der Waals surface area (Å²) in [5.41, 5.74) is 11.3. The minimum Gasteiger partial charge on any atom is -0.396 e. The van der Waals surface area contributed by atoms with Crippen molar-refractivity contribution in [3.05, 3.63) is 16.1 Å². The van der Waals surface area contributed by atoms with Crippen molar-refractivity contribution in [3.63, 3.8) is 0 Å². The maximum absolute atomic E-state index is 8.88. The number of nitrogens with two attached hydrogens (primary N) is 1. The van der Waals surface area contributed by atoms with Crippen LogP contribution in [0.3, 0.4) is 0 Å². The molecule has 0 fully saturated rings. The number of hydrazine groups is 1. The molecule has 108 valence electrons. The summed E-state index contributed by atoms with van der Waals surface area (Å²) in [6, 6.07) is 1.90. The first-order chi connectivity index (χ1) is 9.52. The average Bonchev–Trinajstić information content (AvgIpc) is 2.82. The molecule has 1 aromatic heterocycles. The van der Waals surface area contributed by atoms with E-state index in [1.54, 1.807) is 0 Å². The van der Waals surface area contributed by atoms with Gasteiger partial charge >= 0.3 is 0 Å². The third kappa shape index (κ3) is 3.57. The van der Waals surface area contributed by atoms with Gasteiger partial charge in [0.15, 0.2) is 5.11 Å². The van der Waals surface area contributed by atoms with E-state index in [4.69, 9.17) is 46.3 Å². The standard InChI is InChI=1S/C10H10Cl2N4OS3/c11-6-4(19-2-1-17)3-5-8(7(6)12)14-10(20-5)16-15-9(13)18/h3,17H,1-2H2,(H,14,16)(H3,13,15,18). The number of thiocarbonyl (C=S) groups is 1. The van der Waals surface area contributed by atoms with Crippen molar-refractivity contribution in [1.82, 2.24) is 10.4 Å². The van der Waals surface area contributed by atoms with Gasteiger partial charge in [-0.05, 0) is 18.3 Å². The van der Waals surface area contributed by atoms with Gasteiger partial charge in [-0.1, -0.05) is 34.5 Å². The van der Waals surface area contributed by atoms with E-state index in [0.29, 0.717) is 26.4 Å². The van der Waals surface area contributed by atoms with E-state index in [1.807, 2.05) is 6.07 Å². The Labute approximate surface area is 138 Å². The van der Waals surface area contributed by atoms with E-state index >= 15 is 0 Å². The van der Waals surface area contributed by atoms with Crippen molar-refractivity contribution in [2.45, 2.75) is 4.90 Å². The number of thiazole rings is 1. The number of halogens is 2. The number of hydrogen-bond acceptors (Lipinski definition) is 6. The molecular weight excluding hydrogens is 359 g/mol. The molecule has 0 spiro atoms. The molecule has 0 aliphatic rings. The molecule has 0 aliphatic heterocycles. The Morgan fingerprint density at radius 2 is 2.25 bits per heavy atom. The molecule has 1 heterocycles. The topological polar surface area (TPSA) is 83.2 Å². The summed E-state index contributed by atoms with van der Waals surface area (Å²) < 4.78 is 0.882. The van der Waals surface area contributed by atoms with Gasteiger partial charge < -0.3 is 10.8 Å². The lowest BCUT2D eigenvalue weighted by Gasteiger charge is -2.04. The molecule has 2 rings (SSSR count). The summed E-state index contributed by atoms with van der Waals surface area (Å²) in [6.07, 6.45) is 0.